The summed E-state index contributed by atoms with van der Waals surface area (Å²) in [5.41, 5.74) is -1.23. The number of hydrogen-bond acceptors (Lipinski definition) is 10. The van der Waals surface area contributed by atoms with E-state index in [0.29, 0.717) is 18.5 Å². The van der Waals surface area contributed by atoms with Gasteiger partial charge in [-0.1, -0.05) is 57.9 Å². The molecule has 0 spiro atoms. The van der Waals surface area contributed by atoms with E-state index in [-0.39, 0.29) is 30.2 Å². The van der Waals surface area contributed by atoms with Gasteiger partial charge >= 0.3 is 11.9 Å². The van der Waals surface area contributed by atoms with Gasteiger partial charge in [-0.2, -0.15) is 0 Å². The topological polar surface area (TPSA) is 192 Å². The van der Waals surface area contributed by atoms with E-state index in [2.05, 4.69) is 17.6 Å². The van der Waals surface area contributed by atoms with Gasteiger partial charge in [-0.05, 0) is 55.0 Å². The normalized spacial score (nSPS) is 15.5. The van der Waals surface area contributed by atoms with Crippen LogP contribution in [0.4, 0.5) is 0 Å². The average molecular weight is 663 g/mol. The van der Waals surface area contributed by atoms with Crippen LogP contribution in [-0.4, -0.2) is 75.9 Å². The van der Waals surface area contributed by atoms with Gasteiger partial charge in [0.05, 0.1) is 29.3 Å². The molecule has 1 heterocycles. The predicted octanol–water partition coefficient (Wildman–Crippen LogP) is 5.18. The number of carbonyl (C=O) groups is 4. The number of amides is 1. The van der Waals surface area contributed by atoms with E-state index in [1.54, 1.807) is 0 Å². The van der Waals surface area contributed by atoms with Gasteiger partial charge in [0.15, 0.2) is 0 Å². The van der Waals surface area contributed by atoms with Crippen LogP contribution < -0.4 is 15.4 Å². The number of nitrogens with one attached hydrogen (secondary N) is 2. The second-order valence-corrected chi connectivity index (χ2v) is 11.8. The first kappa shape index (κ1) is 35.7. The molecule has 0 aliphatic carbocycles. The highest BCUT2D eigenvalue weighted by atomic mass is 16.5. The lowest BCUT2D eigenvalue weighted by Gasteiger charge is -2.21. The zero-order chi connectivity index (χ0) is 34.6. The molecule has 1 amide bonds. The largest absolute Gasteiger partial charge is 0.508 e. The summed E-state index contributed by atoms with van der Waals surface area (Å²) in [6, 6.07) is 11.0. The van der Waals surface area contributed by atoms with E-state index in [4.69, 9.17) is 9.47 Å². The molecule has 0 saturated carbocycles. The Labute approximate surface area is 278 Å². The van der Waals surface area contributed by atoms with Gasteiger partial charge in [0, 0.05) is 18.7 Å². The van der Waals surface area contributed by atoms with Crippen molar-refractivity contribution in [1.82, 2.24) is 10.6 Å². The van der Waals surface area contributed by atoms with Crippen LogP contribution in [0.25, 0.3) is 0 Å². The highest BCUT2D eigenvalue weighted by Gasteiger charge is 2.33. The van der Waals surface area contributed by atoms with Crippen LogP contribution in [-0.2, 0) is 4.74 Å². The van der Waals surface area contributed by atoms with Crippen molar-refractivity contribution in [2.24, 2.45) is 0 Å². The van der Waals surface area contributed by atoms with Crippen molar-refractivity contribution in [2.75, 3.05) is 19.7 Å². The van der Waals surface area contributed by atoms with Gasteiger partial charge in [0.25, 0.3) is 5.91 Å². The second kappa shape index (κ2) is 17.2. The van der Waals surface area contributed by atoms with Crippen LogP contribution in [0.15, 0.2) is 54.6 Å². The van der Waals surface area contributed by atoms with Gasteiger partial charge in [-0.25, -0.2) is 9.59 Å². The molecule has 1 fully saturated rings. The second-order valence-electron chi connectivity index (χ2n) is 11.8. The number of carboxylic acids is 1. The van der Waals surface area contributed by atoms with Crippen molar-refractivity contribution in [3.05, 3.63) is 82.4 Å². The van der Waals surface area contributed by atoms with Crippen LogP contribution in [0, 0.1) is 0 Å². The number of aromatic hydroxyl groups is 3. The van der Waals surface area contributed by atoms with Crippen molar-refractivity contribution in [2.45, 2.75) is 70.4 Å². The van der Waals surface area contributed by atoms with Gasteiger partial charge in [0.1, 0.15) is 34.7 Å². The van der Waals surface area contributed by atoms with Crippen LogP contribution >= 0.6 is 0 Å². The Morgan fingerprint density at radius 2 is 1.50 bits per heavy atom. The standard InChI is InChI=1S/C36H42N2O10/c1-2-3-4-5-6-7-8-9-17-47-29-19-23(18-28(41)32(29)33(42)31-25(35(44)45)11-10-12-27(31)40)36(46)48-30-21-37-20-26(30)38-34(43)22-13-15-24(39)16-14-22/h10-16,18-19,26,30,37,39-41H,2-9,17,20-21H2,1H3,(H,38,43)(H,44,45)/t26-,30-/m0/s1. The molecule has 12 heteroatoms. The molecule has 3 aromatic rings. The van der Waals surface area contributed by atoms with Crippen molar-refractivity contribution in [1.29, 1.82) is 0 Å². The maximum absolute atomic E-state index is 13.7. The molecule has 0 bridgehead atoms. The number of carbonyl (C=O) groups excluding carboxylic acids is 3. The first-order valence-electron chi connectivity index (χ1n) is 16.2. The fourth-order valence-electron chi connectivity index (χ4n) is 5.55. The number of esters is 1. The third-order valence-corrected chi connectivity index (χ3v) is 8.16. The lowest BCUT2D eigenvalue weighted by molar-refractivity contribution is 0.0282. The molecule has 3 aromatic carbocycles. The van der Waals surface area contributed by atoms with Crippen molar-refractivity contribution < 1.29 is 49.1 Å². The summed E-state index contributed by atoms with van der Waals surface area (Å²) in [7, 11) is 0. The fraction of sp³-hybridized carbons (Fsp3) is 0.389. The first-order chi connectivity index (χ1) is 23.1. The fourth-order valence-corrected chi connectivity index (χ4v) is 5.55. The quantitative estimate of drug-likeness (QED) is 0.0634. The number of rotatable bonds is 17. The number of phenolic OH excluding ortho intramolecular Hbond substituents is 3. The van der Waals surface area contributed by atoms with Gasteiger partial charge in [-0.15, -0.1) is 0 Å². The molecule has 0 radical (unpaired) electrons. The summed E-state index contributed by atoms with van der Waals surface area (Å²) in [6.07, 6.45) is 7.50. The highest BCUT2D eigenvalue weighted by molar-refractivity contribution is 6.18. The molecule has 1 saturated heterocycles. The van der Waals surface area contributed by atoms with Gasteiger partial charge in [-0.3, -0.25) is 9.59 Å². The van der Waals surface area contributed by atoms with Crippen molar-refractivity contribution in [3.8, 4) is 23.0 Å². The van der Waals surface area contributed by atoms with Gasteiger partial charge in [0.2, 0.25) is 5.78 Å². The van der Waals surface area contributed by atoms with E-state index < -0.39 is 64.0 Å². The summed E-state index contributed by atoms with van der Waals surface area (Å²) in [4.78, 5) is 51.7. The number of aromatic carboxylic acids is 1. The predicted molar refractivity (Wildman–Crippen MR) is 176 cm³/mol. The molecular formula is C36H42N2O10. The number of benzene rings is 3. The van der Waals surface area contributed by atoms with E-state index in [1.165, 1.54) is 55.7 Å². The highest BCUT2D eigenvalue weighted by Crippen LogP contribution is 2.36. The Balaban J connectivity index is 1.53. The molecule has 1 aliphatic heterocycles. The van der Waals surface area contributed by atoms with E-state index in [9.17, 15) is 39.6 Å². The Kier molecular flexibility index (Phi) is 12.8. The summed E-state index contributed by atoms with van der Waals surface area (Å²) >= 11 is 0. The molecule has 256 valence electrons. The molecule has 48 heavy (non-hydrogen) atoms. The molecule has 1 aliphatic rings. The molecule has 0 aromatic heterocycles. The number of unbranched alkanes of at least 4 members (excludes halogenated alkanes) is 7. The van der Waals surface area contributed by atoms with E-state index in [1.807, 2.05) is 0 Å². The Morgan fingerprint density at radius 1 is 0.812 bits per heavy atom. The molecular weight excluding hydrogens is 620 g/mol. The lowest BCUT2D eigenvalue weighted by Crippen LogP contribution is -2.44. The summed E-state index contributed by atoms with van der Waals surface area (Å²) < 4.78 is 11.6. The third-order valence-electron chi connectivity index (χ3n) is 8.16. The van der Waals surface area contributed by atoms with Crippen molar-refractivity contribution in [3.63, 3.8) is 0 Å². The summed E-state index contributed by atoms with van der Waals surface area (Å²) in [6.45, 7) is 2.87. The molecule has 0 unspecified atom stereocenters. The zero-order valence-corrected chi connectivity index (χ0v) is 26.9. The maximum Gasteiger partial charge on any atom is 0.338 e. The molecule has 4 rings (SSSR count). The Morgan fingerprint density at radius 3 is 2.19 bits per heavy atom. The monoisotopic (exact) mass is 662 g/mol. The number of ether oxygens (including phenoxy) is 2. The van der Waals surface area contributed by atoms with E-state index in [0.717, 1.165) is 43.9 Å². The summed E-state index contributed by atoms with van der Waals surface area (Å²) in [5.74, 6) is -5.14. The Hall–Kier alpha value is -5.10. The lowest BCUT2D eigenvalue weighted by atomic mass is 9.95. The molecule has 6 N–H and O–H groups in total. The maximum atomic E-state index is 13.7. The minimum Gasteiger partial charge on any atom is -0.508 e. The number of carboxylic acid groups (broad SMARTS) is 1. The summed E-state index contributed by atoms with van der Waals surface area (Å²) in [5, 5.41) is 46.6. The van der Waals surface area contributed by atoms with Crippen LogP contribution in [0.3, 0.4) is 0 Å². The minimum atomic E-state index is -1.45. The minimum absolute atomic E-state index is 0.0147. The SMILES string of the molecule is CCCCCCCCCCOc1cc(C(=O)O[C@H]2CNC[C@@H]2NC(=O)c2ccc(O)cc2)cc(O)c1C(=O)c1c(O)cccc1C(=O)O. The van der Waals surface area contributed by atoms with Crippen LogP contribution in [0.2, 0.25) is 0 Å². The van der Waals surface area contributed by atoms with Crippen LogP contribution in [0.5, 0.6) is 23.0 Å². The number of ketones is 1. The van der Waals surface area contributed by atoms with Gasteiger partial charge < -0.3 is 40.5 Å². The molecule has 12 nitrogen and oxygen atoms in total. The van der Waals surface area contributed by atoms with E-state index >= 15 is 0 Å². The average Bonchev–Trinajstić information content (AvgIpc) is 3.49. The van der Waals surface area contributed by atoms with Crippen LogP contribution in [0.1, 0.15) is 105 Å². The van der Waals surface area contributed by atoms with Crippen molar-refractivity contribution >= 4 is 23.6 Å². The molecule has 2 atom stereocenters. The third kappa shape index (κ3) is 9.25. The Bertz CT molecular complexity index is 1610. The first-order valence-corrected chi connectivity index (χ1v) is 16.2. The zero-order valence-electron chi connectivity index (χ0n) is 26.9. The number of hydrogen-bond donors (Lipinski definition) is 6. The number of phenols is 3. The smallest absolute Gasteiger partial charge is 0.338 e.